The smallest absolute Gasteiger partial charge is 0.148 e. The van der Waals surface area contributed by atoms with E-state index in [0.29, 0.717) is 0 Å². The van der Waals surface area contributed by atoms with Crippen LogP contribution in [-0.4, -0.2) is 0 Å². The van der Waals surface area contributed by atoms with Gasteiger partial charge in [0.25, 0.3) is 0 Å². The highest BCUT2D eigenvalue weighted by Crippen LogP contribution is 2.31. The van der Waals surface area contributed by atoms with Gasteiger partial charge >= 0.3 is 0 Å². The van der Waals surface area contributed by atoms with Crippen molar-refractivity contribution in [1.29, 1.82) is 0 Å². The molecule has 0 spiro atoms. The van der Waals surface area contributed by atoms with E-state index >= 15 is 0 Å². The fourth-order valence-corrected chi connectivity index (χ4v) is 1.39. The first kappa shape index (κ1) is 10.3. The van der Waals surface area contributed by atoms with Crippen LogP contribution in [0.3, 0.4) is 0 Å². The average molecular weight is 206 g/mol. The van der Waals surface area contributed by atoms with E-state index in [1.54, 1.807) is 13.8 Å². The Kier molecular flexibility index (Phi) is 2.76. The number of hydrogen-bond acceptors (Lipinski definition) is 1. The van der Waals surface area contributed by atoms with Gasteiger partial charge in [-0.1, -0.05) is 25.4 Å². The Balaban J connectivity index is 3.46. The molecule has 4 heteroatoms. The Morgan fingerprint density at radius 2 is 1.92 bits per heavy atom. The molecule has 0 aliphatic heterocycles. The monoisotopic (exact) mass is 205 g/mol. The lowest BCUT2D eigenvalue weighted by atomic mass is 10.0. The summed E-state index contributed by atoms with van der Waals surface area (Å²) in [5.74, 6) is -1.49. The van der Waals surface area contributed by atoms with Crippen LogP contribution in [0.5, 0.6) is 0 Å². The fourth-order valence-electron chi connectivity index (χ4n) is 1.19. The fraction of sp³-hybridized carbons (Fsp3) is 0.333. The van der Waals surface area contributed by atoms with Gasteiger partial charge in [0.2, 0.25) is 0 Å². The van der Waals surface area contributed by atoms with Crippen molar-refractivity contribution >= 4 is 17.3 Å². The highest BCUT2D eigenvalue weighted by atomic mass is 35.5. The van der Waals surface area contributed by atoms with Gasteiger partial charge in [-0.05, 0) is 12.0 Å². The van der Waals surface area contributed by atoms with Crippen molar-refractivity contribution in [3.05, 3.63) is 28.3 Å². The molecule has 0 saturated carbocycles. The van der Waals surface area contributed by atoms with E-state index in [1.807, 2.05) is 0 Å². The maximum atomic E-state index is 13.3. The predicted octanol–water partition coefficient (Wildman–Crippen LogP) is 3.32. The van der Waals surface area contributed by atoms with E-state index < -0.39 is 11.6 Å². The topological polar surface area (TPSA) is 26.0 Å². The number of rotatable bonds is 1. The maximum Gasteiger partial charge on any atom is 0.148 e. The van der Waals surface area contributed by atoms with Crippen LogP contribution in [0.15, 0.2) is 6.07 Å². The van der Waals surface area contributed by atoms with Gasteiger partial charge in [0.05, 0.1) is 10.7 Å². The van der Waals surface area contributed by atoms with E-state index in [9.17, 15) is 8.78 Å². The molecule has 1 aromatic rings. The van der Waals surface area contributed by atoms with E-state index in [-0.39, 0.29) is 22.2 Å². The summed E-state index contributed by atoms with van der Waals surface area (Å²) in [6.07, 6.45) is 0. The third kappa shape index (κ3) is 1.75. The molecule has 0 saturated heterocycles. The predicted molar refractivity (Wildman–Crippen MR) is 49.9 cm³/mol. The lowest BCUT2D eigenvalue weighted by Crippen LogP contribution is -2.03. The Morgan fingerprint density at radius 3 is 2.38 bits per heavy atom. The Bertz CT molecular complexity index is 311. The lowest BCUT2D eigenvalue weighted by Gasteiger charge is -2.12. The van der Waals surface area contributed by atoms with Crippen LogP contribution in [0.25, 0.3) is 0 Å². The minimum absolute atomic E-state index is 0.144. The third-order valence-corrected chi connectivity index (χ3v) is 2.10. The second kappa shape index (κ2) is 3.50. The minimum atomic E-state index is -0.671. The van der Waals surface area contributed by atoms with E-state index in [2.05, 4.69) is 0 Å². The summed E-state index contributed by atoms with van der Waals surface area (Å²) in [6.45, 7) is 3.45. The normalized spacial score (nSPS) is 10.9. The van der Waals surface area contributed by atoms with Crippen LogP contribution >= 0.6 is 11.6 Å². The van der Waals surface area contributed by atoms with Gasteiger partial charge in [0.1, 0.15) is 11.6 Å². The van der Waals surface area contributed by atoms with E-state index in [0.717, 1.165) is 6.07 Å². The zero-order chi connectivity index (χ0) is 10.2. The van der Waals surface area contributed by atoms with Gasteiger partial charge in [0.15, 0.2) is 0 Å². The van der Waals surface area contributed by atoms with Crippen LogP contribution < -0.4 is 5.73 Å². The second-order valence-corrected chi connectivity index (χ2v) is 3.54. The van der Waals surface area contributed by atoms with Crippen molar-refractivity contribution in [2.75, 3.05) is 5.73 Å². The van der Waals surface area contributed by atoms with Crippen LogP contribution in [0.4, 0.5) is 14.5 Å². The molecule has 2 N–H and O–H groups in total. The van der Waals surface area contributed by atoms with Crippen molar-refractivity contribution in [3.8, 4) is 0 Å². The molecule has 72 valence electrons. The quantitative estimate of drug-likeness (QED) is 0.552. The Morgan fingerprint density at radius 1 is 1.38 bits per heavy atom. The zero-order valence-electron chi connectivity index (χ0n) is 7.37. The molecule has 0 unspecified atom stereocenters. The highest BCUT2D eigenvalue weighted by Gasteiger charge is 2.17. The van der Waals surface area contributed by atoms with Gasteiger partial charge < -0.3 is 5.73 Å². The molecular formula is C9H10ClF2N. The SMILES string of the molecule is CC(C)c1c(N)c(F)cc(Cl)c1F. The number of nitrogen functional groups attached to an aromatic ring is 1. The first-order chi connectivity index (χ1) is 5.95. The molecule has 0 radical (unpaired) electrons. The first-order valence-corrected chi connectivity index (χ1v) is 4.25. The molecule has 0 aliphatic rings. The van der Waals surface area contributed by atoms with Gasteiger partial charge in [0, 0.05) is 5.56 Å². The summed E-state index contributed by atoms with van der Waals surface area (Å²) in [7, 11) is 0. The van der Waals surface area contributed by atoms with Gasteiger partial charge in [-0.15, -0.1) is 0 Å². The average Bonchev–Trinajstić information content (AvgIpc) is 2.01. The summed E-state index contributed by atoms with van der Waals surface area (Å²) in [5, 5.41) is -0.226. The largest absolute Gasteiger partial charge is 0.396 e. The number of halogens is 3. The molecule has 0 heterocycles. The summed E-state index contributed by atoms with van der Waals surface area (Å²) in [4.78, 5) is 0. The molecule has 0 aliphatic carbocycles. The highest BCUT2D eigenvalue weighted by molar-refractivity contribution is 6.30. The van der Waals surface area contributed by atoms with E-state index in [1.165, 1.54) is 0 Å². The van der Waals surface area contributed by atoms with Crippen molar-refractivity contribution in [2.45, 2.75) is 19.8 Å². The van der Waals surface area contributed by atoms with Gasteiger partial charge in [-0.3, -0.25) is 0 Å². The molecular weight excluding hydrogens is 196 g/mol. The molecule has 0 bridgehead atoms. The summed E-state index contributed by atoms with van der Waals surface area (Å²) >= 11 is 5.46. The number of anilines is 1. The summed E-state index contributed by atoms with van der Waals surface area (Å²) in [5.41, 5.74) is 5.37. The number of hydrogen-bond donors (Lipinski definition) is 1. The Labute approximate surface area is 80.5 Å². The zero-order valence-corrected chi connectivity index (χ0v) is 8.12. The molecule has 0 atom stereocenters. The summed E-state index contributed by atoms with van der Waals surface area (Å²) in [6, 6.07) is 0.887. The van der Waals surface area contributed by atoms with Crippen LogP contribution in [-0.2, 0) is 0 Å². The molecule has 1 nitrogen and oxygen atoms in total. The van der Waals surface area contributed by atoms with Crippen molar-refractivity contribution in [3.63, 3.8) is 0 Å². The number of nitrogens with two attached hydrogens (primary N) is 1. The van der Waals surface area contributed by atoms with E-state index in [4.69, 9.17) is 17.3 Å². The molecule has 1 rings (SSSR count). The van der Waals surface area contributed by atoms with Crippen LogP contribution in [0.2, 0.25) is 5.02 Å². The molecule has 0 aromatic heterocycles. The molecule has 0 fully saturated rings. The van der Waals surface area contributed by atoms with Crippen molar-refractivity contribution in [2.24, 2.45) is 0 Å². The minimum Gasteiger partial charge on any atom is -0.396 e. The van der Waals surface area contributed by atoms with Crippen LogP contribution in [0.1, 0.15) is 25.3 Å². The lowest BCUT2D eigenvalue weighted by molar-refractivity contribution is 0.580. The first-order valence-electron chi connectivity index (χ1n) is 3.88. The van der Waals surface area contributed by atoms with Crippen molar-refractivity contribution in [1.82, 2.24) is 0 Å². The molecule has 1 aromatic carbocycles. The Hall–Kier alpha value is -0.830. The third-order valence-electron chi connectivity index (χ3n) is 1.82. The number of benzene rings is 1. The summed E-state index contributed by atoms with van der Waals surface area (Å²) < 4.78 is 26.3. The molecule has 0 amide bonds. The van der Waals surface area contributed by atoms with Gasteiger partial charge in [-0.25, -0.2) is 8.78 Å². The maximum absolute atomic E-state index is 13.3. The van der Waals surface area contributed by atoms with Crippen molar-refractivity contribution < 1.29 is 8.78 Å². The van der Waals surface area contributed by atoms with Gasteiger partial charge in [-0.2, -0.15) is 0 Å². The van der Waals surface area contributed by atoms with Crippen LogP contribution in [0, 0.1) is 11.6 Å². The standard InChI is InChI=1S/C9H10ClF2N/c1-4(2)7-8(12)5(10)3-6(11)9(7)13/h3-4H,13H2,1-2H3. The second-order valence-electron chi connectivity index (χ2n) is 3.14. The molecule has 13 heavy (non-hydrogen) atoms.